The summed E-state index contributed by atoms with van der Waals surface area (Å²) in [6.45, 7) is 1.71. The van der Waals surface area contributed by atoms with Crippen molar-refractivity contribution in [2.75, 3.05) is 11.9 Å². The zero-order valence-corrected chi connectivity index (χ0v) is 20.1. The molecule has 3 aromatic rings. The lowest BCUT2D eigenvalue weighted by atomic mass is 9.93. The molecule has 6 nitrogen and oxygen atoms in total. The Kier molecular flexibility index (Phi) is 6.29. The Morgan fingerprint density at radius 3 is 2.43 bits per heavy atom. The van der Waals surface area contributed by atoms with Crippen molar-refractivity contribution in [3.05, 3.63) is 71.3 Å². The standard InChI is InChI=1S/C27H25F4N3O3/c1-2-37-24(35)21-12-19(13-22(28)23(21)16-14-32-34(15-16)20-4-3-5-20)33-25(36)26(10-11-26)17-6-8-18(9-7-17)27(29,30)31/h6-9,12-15,20H,2-5,10-11H2,1H3,(H,33,36). The Labute approximate surface area is 210 Å². The fourth-order valence-electron chi connectivity index (χ4n) is 4.66. The molecular formula is C27H25F4N3O3. The molecule has 37 heavy (non-hydrogen) atoms. The molecule has 0 atom stereocenters. The minimum atomic E-state index is -4.48. The average molecular weight is 516 g/mol. The van der Waals surface area contributed by atoms with Crippen LogP contribution in [0.4, 0.5) is 23.2 Å². The van der Waals surface area contributed by atoms with Gasteiger partial charge in [-0.2, -0.15) is 18.3 Å². The zero-order chi connectivity index (χ0) is 26.4. The molecule has 2 fully saturated rings. The molecule has 0 radical (unpaired) electrons. The summed E-state index contributed by atoms with van der Waals surface area (Å²) >= 11 is 0. The highest BCUT2D eigenvalue weighted by Crippen LogP contribution is 2.49. The molecule has 0 bridgehead atoms. The number of hydrogen-bond acceptors (Lipinski definition) is 4. The first-order chi connectivity index (χ1) is 17.6. The number of amides is 1. The van der Waals surface area contributed by atoms with Gasteiger partial charge in [0.25, 0.3) is 0 Å². The highest BCUT2D eigenvalue weighted by Gasteiger charge is 2.51. The van der Waals surface area contributed by atoms with E-state index in [-0.39, 0.29) is 29.5 Å². The number of nitrogens with zero attached hydrogens (tertiary/aromatic N) is 2. The minimum absolute atomic E-state index is 0.0332. The molecule has 194 valence electrons. The number of carbonyl (C=O) groups excluding carboxylic acids is 2. The van der Waals surface area contributed by atoms with Gasteiger partial charge in [-0.1, -0.05) is 12.1 Å². The predicted molar refractivity (Wildman–Crippen MR) is 127 cm³/mol. The van der Waals surface area contributed by atoms with Crippen LogP contribution >= 0.6 is 0 Å². The quantitative estimate of drug-likeness (QED) is 0.297. The van der Waals surface area contributed by atoms with E-state index in [1.54, 1.807) is 17.8 Å². The number of anilines is 1. The highest BCUT2D eigenvalue weighted by atomic mass is 19.4. The second-order valence-corrected chi connectivity index (χ2v) is 9.51. The Morgan fingerprint density at radius 1 is 1.16 bits per heavy atom. The monoisotopic (exact) mass is 515 g/mol. The van der Waals surface area contributed by atoms with Gasteiger partial charge in [0.1, 0.15) is 5.82 Å². The number of halogens is 4. The molecule has 10 heteroatoms. The van der Waals surface area contributed by atoms with Crippen molar-refractivity contribution in [2.24, 2.45) is 0 Å². The van der Waals surface area contributed by atoms with Crippen molar-refractivity contribution in [1.82, 2.24) is 9.78 Å². The van der Waals surface area contributed by atoms with Gasteiger partial charge in [-0.05, 0) is 68.9 Å². The normalized spacial score (nSPS) is 16.7. The van der Waals surface area contributed by atoms with Crippen LogP contribution in [0.25, 0.3) is 11.1 Å². The van der Waals surface area contributed by atoms with Gasteiger partial charge in [-0.15, -0.1) is 0 Å². The third-order valence-electron chi connectivity index (χ3n) is 7.13. The second-order valence-electron chi connectivity index (χ2n) is 9.51. The van der Waals surface area contributed by atoms with E-state index in [0.29, 0.717) is 24.0 Å². The summed E-state index contributed by atoms with van der Waals surface area (Å²) < 4.78 is 61.2. The third-order valence-corrected chi connectivity index (χ3v) is 7.13. The molecule has 1 heterocycles. The maximum atomic E-state index is 15.4. The van der Waals surface area contributed by atoms with Gasteiger partial charge >= 0.3 is 12.1 Å². The lowest BCUT2D eigenvalue weighted by Crippen LogP contribution is -2.28. The van der Waals surface area contributed by atoms with Gasteiger partial charge in [0.2, 0.25) is 5.91 Å². The van der Waals surface area contributed by atoms with Gasteiger partial charge < -0.3 is 10.1 Å². The lowest BCUT2D eigenvalue weighted by molar-refractivity contribution is -0.137. The van der Waals surface area contributed by atoms with Crippen LogP contribution in [0.2, 0.25) is 0 Å². The molecule has 1 N–H and O–H groups in total. The van der Waals surface area contributed by atoms with Gasteiger partial charge in [-0.25, -0.2) is 9.18 Å². The van der Waals surface area contributed by atoms with E-state index >= 15 is 4.39 Å². The SMILES string of the molecule is CCOC(=O)c1cc(NC(=O)C2(c3ccc(C(F)(F)F)cc3)CC2)cc(F)c1-c1cnn(C2CCC2)c1. The number of nitrogens with one attached hydrogen (secondary N) is 1. The lowest BCUT2D eigenvalue weighted by Gasteiger charge is -2.25. The molecule has 0 aliphatic heterocycles. The molecule has 0 spiro atoms. The summed E-state index contributed by atoms with van der Waals surface area (Å²) in [5, 5.41) is 6.98. The van der Waals surface area contributed by atoms with E-state index in [9.17, 15) is 22.8 Å². The van der Waals surface area contributed by atoms with Crippen LogP contribution in [0.1, 0.15) is 66.6 Å². The van der Waals surface area contributed by atoms with E-state index in [4.69, 9.17) is 4.74 Å². The maximum absolute atomic E-state index is 15.4. The van der Waals surface area contributed by atoms with E-state index in [1.807, 2.05) is 0 Å². The van der Waals surface area contributed by atoms with E-state index in [1.165, 1.54) is 24.4 Å². The Hall–Kier alpha value is -3.69. The van der Waals surface area contributed by atoms with Crippen LogP contribution in [0.15, 0.2) is 48.8 Å². The summed E-state index contributed by atoms with van der Waals surface area (Å²) in [5.74, 6) is -1.95. The predicted octanol–water partition coefficient (Wildman–Crippen LogP) is 6.28. The van der Waals surface area contributed by atoms with Crippen LogP contribution in [0.3, 0.4) is 0 Å². The molecule has 2 aliphatic rings. The molecular weight excluding hydrogens is 490 g/mol. The molecule has 0 saturated heterocycles. The Balaban J connectivity index is 1.43. The first kappa shape index (κ1) is 25.0. The zero-order valence-electron chi connectivity index (χ0n) is 20.1. The molecule has 1 aromatic heterocycles. The summed E-state index contributed by atoms with van der Waals surface area (Å²) in [5.41, 5.74) is -0.898. The fourth-order valence-corrected chi connectivity index (χ4v) is 4.66. The number of esters is 1. The summed E-state index contributed by atoms with van der Waals surface area (Å²) in [7, 11) is 0. The highest BCUT2D eigenvalue weighted by molar-refractivity contribution is 6.04. The number of hydrogen-bond donors (Lipinski definition) is 1. The molecule has 1 amide bonds. The first-order valence-electron chi connectivity index (χ1n) is 12.2. The van der Waals surface area contributed by atoms with Gasteiger partial charge in [0.15, 0.2) is 0 Å². The Morgan fingerprint density at radius 2 is 1.86 bits per heavy atom. The summed E-state index contributed by atoms with van der Waals surface area (Å²) in [6, 6.07) is 7.21. The van der Waals surface area contributed by atoms with Crippen molar-refractivity contribution in [3.8, 4) is 11.1 Å². The van der Waals surface area contributed by atoms with E-state index in [2.05, 4.69) is 10.4 Å². The Bertz CT molecular complexity index is 1340. The van der Waals surface area contributed by atoms with Gasteiger partial charge in [-0.3, -0.25) is 9.48 Å². The number of carbonyl (C=O) groups is 2. The van der Waals surface area contributed by atoms with Crippen LogP contribution in [0.5, 0.6) is 0 Å². The minimum Gasteiger partial charge on any atom is -0.462 e. The van der Waals surface area contributed by atoms with Crippen LogP contribution < -0.4 is 5.32 Å². The molecule has 2 saturated carbocycles. The van der Waals surface area contributed by atoms with Crippen molar-refractivity contribution in [3.63, 3.8) is 0 Å². The molecule has 5 rings (SSSR count). The molecule has 2 aromatic carbocycles. The van der Waals surface area contributed by atoms with E-state index < -0.39 is 34.8 Å². The summed E-state index contributed by atoms with van der Waals surface area (Å²) in [4.78, 5) is 25.9. The maximum Gasteiger partial charge on any atom is 0.416 e. The largest absolute Gasteiger partial charge is 0.462 e. The number of benzene rings is 2. The third kappa shape index (κ3) is 4.72. The van der Waals surface area contributed by atoms with Crippen molar-refractivity contribution in [2.45, 2.75) is 56.7 Å². The smallest absolute Gasteiger partial charge is 0.416 e. The average Bonchev–Trinajstić information content (AvgIpc) is 3.50. The fraction of sp³-hybridized carbons (Fsp3) is 0.370. The van der Waals surface area contributed by atoms with Crippen LogP contribution in [-0.4, -0.2) is 28.3 Å². The number of aromatic nitrogens is 2. The van der Waals surface area contributed by atoms with E-state index in [0.717, 1.165) is 37.5 Å². The van der Waals surface area contributed by atoms with Crippen molar-refractivity contribution >= 4 is 17.6 Å². The van der Waals surface area contributed by atoms with Crippen molar-refractivity contribution in [1.29, 1.82) is 0 Å². The summed E-state index contributed by atoms with van der Waals surface area (Å²) in [6.07, 6.45) is 2.68. The number of alkyl halides is 3. The molecule has 0 unspecified atom stereocenters. The van der Waals surface area contributed by atoms with Crippen molar-refractivity contribution < 1.29 is 31.9 Å². The molecule has 2 aliphatic carbocycles. The van der Waals surface area contributed by atoms with Gasteiger partial charge in [0, 0.05) is 23.0 Å². The second kappa shape index (κ2) is 9.32. The van der Waals surface area contributed by atoms with Crippen LogP contribution in [-0.2, 0) is 21.1 Å². The topological polar surface area (TPSA) is 73.2 Å². The van der Waals surface area contributed by atoms with Crippen LogP contribution in [0, 0.1) is 5.82 Å². The number of rotatable bonds is 7. The van der Waals surface area contributed by atoms with Gasteiger partial charge in [0.05, 0.1) is 35.4 Å². The first-order valence-corrected chi connectivity index (χ1v) is 12.2. The number of ether oxygens (including phenoxy) is 1.